The van der Waals surface area contributed by atoms with Crippen molar-refractivity contribution in [3.05, 3.63) is 89.2 Å². The molecular formula is C31H35N9O. The van der Waals surface area contributed by atoms with Gasteiger partial charge in [0.15, 0.2) is 0 Å². The van der Waals surface area contributed by atoms with Gasteiger partial charge in [-0.2, -0.15) is 15.3 Å². The summed E-state index contributed by atoms with van der Waals surface area (Å²) in [5.74, 6) is 0.790. The van der Waals surface area contributed by atoms with Crippen molar-refractivity contribution in [2.75, 3.05) is 32.8 Å². The molecule has 5 heterocycles. The van der Waals surface area contributed by atoms with Gasteiger partial charge in [0.2, 0.25) is 0 Å². The van der Waals surface area contributed by atoms with Gasteiger partial charge in [-0.1, -0.05) is 24.3 Å². The van der Waals surface area contributed by atoms with E-state index in [1.165, 1.54) is 27.9 Å². The van der Waals surface area contributed by atoms with Crippen molar-refractivity contribution in [2.24, 2.45) is 14.1 Å². The van der Waals surface area contributed by atoms with Gasteiger partial charge in [-0.25, -0.2) is 9.97 Å². The number of fused-ring (bicyclic) bond motifs is 3. The predicted octanol–water partition coefficient (Wildman–Crippen LogP) is 3.09. The lowest BCUT2D eigenvalue weighted by Gasteiger charge is -2.26. The summed E-state index contributed by atoms with van der Waals surface area (Å²) in [7, 11) is 3.98. The van der Waals surface area contributed by atoms with Crippen molar-refractivity contribution >= 4 is 0 Å². The summed E-state index contributed by atoms with van der Waals surface area (Å²) in [6, 6.07) is 10.8. The highest BCUT2D eigenvalue weighted by molar-refractivity contribution is 5.71. The molecule has 0 bridgehead atoms. The van der Waals surface area contributed by atoms with E-state index >= 15 is 0 Å². The maximum atomic E-state index is 5.47. The first kappa shape index (κ1) is 25.8. The lowest BCUT2D eigenvalue weighted by atomic mass is 9.91. The summed E-state index contributed by atoms with van der Waals surface area (Å²) >= 11 is 0. The van der Waals surface area contributed by atoms with Gasteiger partial charge < -0.3 is 4.74 Å². The summed E-state index contributed by atoms with van der Waals surface area (Å²) in [6.45, 7) is 5.50. The van der Waals surface area contributed by atoms with Crippen molar-refractivity contribution in [1.82, 2.24) is 44.2 Å². The van der Waals surface area contributed by atoms with Crippen molar-refractivity contribution in [3.63, 3.8) is 0 Å². The molecule has 4 aromatic heterocycles. The number of morpholine rings is 1. The van der Waals surface area contributed by atoms with Gasteiger partial charge >= 0.3 is 0 Å². The Morgan fingerprint density at radius 3 is 2.68 bits per heavy atom. The molecule has 0 amide bonds. The maximum absolute atomic E-state index is 5.47. The molecule has 1 aromatic carbocycles. The Morgan fingerprint density at radius 1 is 0.927 bits per heavy atom. The van der Waals surface area contributed by atoms with Gasteiger partial charge in [-0.15, -0.1) is 0 Å². The largest absolute Gasteiger partial charge is 0.379 e. The Kier molecular flexibility index (Phi) is 6.93. The molecule has 1 saturated heterocycles. The minimum Gasteiger partial charge on any atom is -0.379 e. The number of ether oxygens (including phenoxy) is 1. The van der Waals surface area contributed by atoms with Crippen LogP contribution in [0.2, 0.25) is 0 Å². The second kappa shape index (κ2) is 11.0. The van der Waals surface area contributed by atoms with Gasteiger partial charge in [0, 0.05) is 69.9 Å². The highest BCUT2D eigenvalue weighted by Gasteiger charge is 2.26. The minimum absolute atomic E-state index is 0.612. The van der Waals surface area contributed by atoms with E-state index in [1.807, 2.05) is 52.8 Å². The SMILES string of the molecule is Cn1ccc(Cc2ncc3c(n2)-c2c(nn(C)c2Cc2cccc(-c4cnn(CCN5CCOCC5)c4)c2)CC3)n1. The molecule has 0 atom stereocenters. The normalized spacial score (nSPS) is 15.2. The lowest BCUT2D eigenvalue weighted by Crippen LogP contribution is -2.38. The molecule has 2 aliphatic rings. The molecular weight excluding hydrogens is 514 g/mol. The fraction of sp³-hybridized carbons (Fsp3) is 0.387. The number of aryl methyl sites for hydroxylation is 4. The third-order valence-corrected chi connectivity index (χ3v) is 8.14. The number of hydrogen-bond acceptors (Lipinski definition) is 7. The molecule has 10 nitrogen and oxygen atoms in total. The van der Waals surface area contributed by atoms with Crippen molar-refractivity contribution in [1.29, 1.82) is 0 Å². The van der Waals surface area contributed by atoms with Crippen LogP contribution in [0.5, 0.6) is 0 Å². The standard InChI is InChI=1S/C31H35N9O/c1-37-9-8-26(35-37)18-29-32-19-24-6-7-27-30(31(24)34-29)28(38(2)36-27)17-22-4-3-5-23(16-22)25-20-33-40(21-25)11-10-39-12-14-41-15-13-39/h3-5,8-9,16,19-21H,6-7,10-15,17-18H2,1-2H3. The molecule has 0 spiro atoms. The van der Waals surface area contributed by atoms with E-state index in [2.05, 4.69) is 50.5 Å². The van der Waals surface area contributed by atoms with Crippen LogP contribution in [0.3, 0.4) is 0 Å². The fourth-order valence-corrected chi connectivity index (χ4v) is 5.93. The first-order valence-electron chi connectivity index (χ1n) is 14.4. The van der Waals surface area contributed by atoms with E-state index in [9.17, 15) is 0 Å². The highest BCUT2D eigenvalue weighted by atomic mass is 16.5. The van der Waals surface area contributed by atoms with Crippen LogP contribution < -0.4 is 0 Å². The van der Waals surface area contributed by atoms with Gasteiger partial charge in [0.1, 0.15) is 5.82 Å². The van der Waals surface area contributed by atoms with Gasteiger partial charge in [0.25, 0.3) is 0 Å². The van der Waals surface area contributed by atoms with Crippen LogP contribution in [0.15, 0.2) is 55.1 Å². The van der Waals surface area contributed by atoms with Crippen LogP contribution in [0.1, 0.15) is 34.0 Å². The van der Waals surface area contributed by atoms with Crippen molar-refractivity contribution in [3.8, 4) is 22.4 Å². The number of aromatic nitrogens is 8. The van der Waals surface area contributed by atoms with Gasteiger partial charge in [-0.05, 0) is 35.6 Å². The Bertz CT molecular complexity index is 1670. The molecule has 1 aliphatic carbocycles. The fourth-order valence-electron chi connectivity index (χ4n) is 5.93. The van der Waals surface area contributed by atoms with Crippen LogP contribution >= 0.6 is 0 Å². The molecule has 41 heavy (non-hydrogen) atoms. The zero-order valence-corrected chi connectivity index (χ0v) is 23.7. The Balaban J connectivity index is 1.12. The highest BCUT2D eigenvalue weighted by Crippen LogP contribution is 2.35. The molecule has 1 fully saturated rings. The van der Waals surface area contributed by atoms with E-state index in [4.69, 9.17) is 14.8 Å². The van der Waals surface area contributed by atoms with E-state index in [0.29, 0.717) is 6.42 Å². The lowest BCUT2D eigenvalue weighted by molar-refractivity contribution is 0.0360. The maximum Gasteiger partial charge on any atom is 0.134 e. The monoisotopic (exact) mass is 549 g/mol. The Labute approximate surface area is 239 Å². The average molecular weight is 550 g/mol. The third-order valence-electron chi connectivity index (χ3n) is 8.14. The molecule has 0 unspecified atom stereocenters. The van der Waals surface area contributed by atoms with E-state index in [-0.39, 0.29) is 0 Å². The molecule has 10 heteroatoms. The summed E-state index contributed by atoms with van der Waals surface area (Å²) < 4.78 is 11.4. The molecule has 0 N–H and O–H groups in total. The zero-order valence-electron chi connectivity index (χ0n) is 23.7. The third kappa shape index (κ3) is 5.45. The van der Waals surface area contributed by atoms with Crippen LogP contribution in [-0.4, -0.2) is 77.1 Å². The Hall–Kier alpha value is -4.15. The number of benzene rings is 1. The molecule has 210 valence electrons. The van der Waals surface area contributed by atoms with Crippen molar-refractivity contribution < 1.29 is 4.74 Å². The van der Waals surface area contributed by atoms with Crippen LogP contribution in [-0.2, 0) is 51.1 Å². The van der Waals surface area contributed by atoms with E-state index in [1.54, 1.807) is 0 Å². The average Bonchev–Trinajstić information content (AvgIpc) is 3.72. The van der Waals surface area contributed by atoms with Crippen LogP contribution in [0.4, 0.5) is 0 Å². The van der Waals surface area contributed by atoms with Crippen LogP contribution in [0.25, 0.3) is 22.4 Å². The second-order valence-corrected chi connectivity index (χ2v) is 11.0. The molecule has 1 aliphatic heterocycles. The van der Waals surface area contributed by atoms with E-state index < -0.39 is 0 Å². The smallest absolute Gasteiger partial charge is 0.134 e. The number of rotatable bonds is 8. The minimum atomic E-state index is 0.612. The molecule has 5 aromatic rings. The van der Waals surface area contributed by atoms with Crippen LogP contribution in [0, 0.1) is 0 Å². The number of hydrogen-bond donors (Lipinski definition) is 0. The second-order valence-electron chi connectivity index (χ2n) is 11.0. The summed E-state index contributed by atoms with van der Waals surface area (Å²) in [5, 5.41) is 14.1. The predicted molar refractivity (Wildman–Crippen MR) is 155 cm³/mol. The van der Waals surface area contributed by atoms with Gasteiger partial charge in [0.05, 0.1) is 55.2 Å². The Morgan fingerprint density at radius 2 is 1.83 bits per heavy atom. The summed E-state index contributed by atoms with van der Waals surface area (Å²) in [6.07, 6.45) is 11.3. The number of nitrogens with zero attached hydrogens (tertiary/aromatic N) is 9. The van der Waals surface area contributed by atoms with E-state index in [0.717, 1.165) is 87.1 Å². The summed E-state index contributed by atoms with van der Waals surface area (Å²) in [5.41, 5.74) is 10.2. The molecule has 0 saturated carbocycles. The van der Waals surface area contributed by atoms with Gasteiger partial charge in [-0.3, -0.25) is 18.9 Å². The van der Waals surface area contributed by atoms with Crippen molar-refractivity contribution in [2.45, 2.75) is 32.2 Å². The zero-order chi connectivity index (χ0) is 27.8. The first-order chi connectivity index (χ1) is 20.1. The molecule has 0 radical (unpaired) electrons. The summed E-state index contributed by atoms with van der Waals surface area (Å²) in [4.78, 5) is 12.2. The molecule has 7 rings (SSSR count). The first-order valence-corrected chi connectivity index (χ1v) is 14.4. The quantitative estimate of drug-likeness (QED) is 0.294. The topological polar surface area (TPSA) is 91.7 Å².